The number of amides is 2. The molecule has 1 unspecified atom stereocenters. The number of nitrogens with one attached hydrogen (secondary N) is 1. The van der Waals surface area contributed by atoms with Gasteiger partial charge in [0.25, 0.3) is 0 Å². The van der Waals surface area contributed by atoms with Gasteiger partial charge in [-0.2, -0.15) is 0 Å². The molecule has 0 radical (unpaired) electrons. The number of piperidine rings is 2. The van der Waals surface area contributed by atoms with Gasteiger partial charge in [-0.15, -0.1) is 0 Å². The molecule has 132 valence electrons. The van der Waals surface area contributed by atoms with E-state index in [-0.39, 0.29) is 17.9 Å². The van der Waals surface area contributed by atoms with E-state index in [0.29, 0.717) is 18.4 Å². The summed E-state index contributed by atoms with van der Waals surface area (Å²) >= 11 is 0. The first kappa shape index (κ1) is 18.2. The number of likely N-dealkylation sites (tertiary alicyclic amines) is 2. The highest BCUT2D eigenvalue weighted by Gasteiger charge is 2.29. The molecule has 2 aliphatic rings. The molecule has 1 atom stereocenters. The fraction of sp³-hybridized carbons (Fsp3) is 0.889. The molecule has 0 aromatic heterocycles. The number of nitrogens with zero attached hydrogens (tertiary/aromatic N) is 2. The Balaban J connectivity index is 1.71. The Hall–Kier alpha value is -1.10. The van der Waals surface area contributed by atoms with Crippen molar-refractivity contribution in [3.8, 4) is 0 Å². The van der Waals surface area contributed by atoms with Crippen LogP contribution in [0, 0.1) is 11.8 Å². The van der Waals surface area contributed by atoms with E-state index in [1.54, 1.807) is 0 Å². The second-order valence-corrected chi connectivity index (χ2v) is 7.54. The fourth-order valence-electron chi connectivity index (χ4n) is 3.38. The minimum Gasteiger partial charge on any atom is -0.352 e. The maximum atomic E-state index is 12.5. The van der Waals surface area contributed by atoms with Crippen molar-refractivity contribution in [3.05, 3.63) is 0 Å². The molecule has 0 saturated carbocycles. The van der Waals surface area contributed by atoms with E-state index in [2.05, 4.69) is 29.0 Å². The number of carbonyl (C=O) groups is 2. The zero-order valence-corrected chi connectivity index (χ0v) is 15.0. The second-order valence-electron chi connectivity index (χ2n) is 7.54. The lowest BCUT2D eigenvalue weighted by Crippen LogP contribution is -2.47. The number of hydrogen-bond donors (Lipinski definition) is 1. The number of hydrogen-bond acceptors (Lipinski definition) is 3. The predicted molar refractivity (Wildman–Crippen MR) is 92.0 cm³/mol. The van der Waals surface area contributed by atoms with Crippen LogP contribution < -0.4 is 5.32 Å². The second kappa shape index (κ2) is 8.67. The van der Waals surface area contributed by atoms with Gasteiger partial charge in [-0.25, -0.2) is 0 Å². The van der Waals surface area contributed by atoms with Crippen molar-refractivity contribution < 1.29 is 9.59 Å². The fourth-order valence-corrected chi connectivity index (χ4v) is 3.38. The first-order valence-electron chi connectivity index (χ1n) is 9.28. The van der Waals surface area contributed by atoms with Crippen molar-refractivity contribution in [2.75, 3.05) is 32.7 Å². The van der Waals surface area contributed by atoms with Crippen LogP contribution in [0.3, 0.4) is 0 Å². The summed E-state index contributed by atoms with van der Waals surface area (Å²) in [6.07, 6.45) is 5.34. The zero-order chi connectivity index (χ0) is 16.8. The first-order valence-corrected chi connectivity index (χ1v) is 9.28. The molecule has 2 saturated heterocycles. The summed E-state index contributed by atoms with van der Waals surface area (Å²) in [6.45, 7) is 10.3. The Morgan fingerprint density at radius 2 is 1.61 bits per heavy atom. The molecule has 1 N–H and O–H groups in total. The lowest BCUT2D eigenvalue weighted by atomic mass is 9.94. The van der Waals surface area contributed by atoms with Crippen molar-refractivity contribution in [1.82, 2.24) is 15.1 Å². The van der Waals surface area contributed by atoms with E-state index in [1.807, 2.05) is 6.92 Å². The molecule has 0 aromatic carbocycles. The normalized spacial score (nSPS) is 22.2. The molecule has 2 aliphatic heterocycles. The Kier molecular flexibility index (Phi) is 6.88. The van der Waals surface area contributed by atoms with E-state index in [0.717, 1.165) is 51.9 Å². The topological polar surface area (TPSA) is 52.7 Å². The summed E-state index contributed by atoms with van der Waals surface area (Å²) < 4.78 is 0. The van der Waals surface area contributed by atoms with E-state index in [9.17, 15) is 9.59 Å². The van der Waals surface area contributed by atoms with Crippen LogP contribution in [0.25, 0.3) is 0 Å². The van der Waals surface area contributed by atoms with Crippen LogP contribution in [-0.2, 0) is 9.59 Å². The van der Waals surface area contributed by atoms with Gasteiger partial charge >= 0.3 is 0 Å². The van der Waals surface area contributed by atoms with Crippen LogP contribution in [-0.4, -0.2) is 60.4 Å². The maximum absolute atomic E-state index is 12.5. The average Bonchev–Trinajstić information content (AvgIpc) is 2.55. The SMILES string of the molecule is CC(C)C(C)NC(=O)CN1CCC(C(=O)N2CCCCC2)CC1. The predicted octanol–water partition coefficient (Wildman–Crippen LogP) is 1.87. The van der Waals surface area contributed by atoms with Gasteiger partial charge in [0.1, 0.15) is 0 Å². The van der Waals surface area contributed by atoms with E-state index in [4.69, 9.17) is 0 Å². The minimum atomic E-state index is 0.104. The molecule has 0 aromatic rings. The summed E-state index contributed by atoms with van der Waals surface area (Å²) in [5.74, 6) is 1.07. The van der Waals surface area contributed by atoms with Crippen LogP contribution in [0.4, 0.5) is 0 Å². The van der Waals surface area contributed by atoms with Crippen LogP contribution in [0.5, 0.6) is 0 Å². The number of rotatable bonds is 5. The Morgan fingerprint density at radius 1 is 1.00 bits per heavy atom. The van der Waals surface area contributed by atoms with Crippen molar-refractivity contribution in [1.29, 1.82) is 0 Å². The summed E-state index contributed by atoms with van der Waals surface area (Å²) in [4.78, 5) is 28.8. The maximum Gasteiger partial charge on any atom is 0.234 e. The van der Waals surface area contributed by atoms with Crippen molar-refractivity contribution in [2.45, 2.75) is 58.9 Å². The standard InChI is InChI=1S/C18H33N3O2/c1-14(2)15(3)19-17(22)13-20-11-7-16(8-12-20)18(23)21-9-5-4-6-10-21/h14-16H,4-13H2,1-3H3,(H,19,22). The molecule has 5 heteroatoms. The molecular formula is C18H33N3O2. The van der Waals surface area contributed by atoms with Crippen LogP contribution in [0.2, 0.25) is 0 Å². The largest absolute Gasteiger partial charge is 0.352 e. The molecule has 0 aliphatic carbocycles. The van der Waals surface area contributed by atoms with Gasteiger partial charge in [0.2, 0.25) is 11.8 Å². The van der Waals surface area contributed by atoms with Crippen molar-refractivity contribution in [3.63, 3.8) is 0 Å². The van der Waals surface area contributed by atoms with Crippen LogP contribution >= 0.6 is 0 Å². The highest BCUT2D eigenvalue weighted by molar-refractivity contribution is 5.79. The minimum absolute atomic E-state index is 0.104. The van der Waals surface area contributed by atoms with E-state index >= 15 is 0 Å². The zero-order valence-electron chi connectivity index (χ0n) is 15.0. The molecule has 2 amide bonds. The van der Waals surface area contributed by atoms with Gasteiger partial charge in [0.15, 0.2) is 0 Å². The average molecular weight is 323 g/mol. The quantitative estimate of drug-likeness (QED) is 0.840. The third-order valence-corrected chi connectivity index (χ3v) is 5.36. The Morgan fingerprint density at radius 3 is 2.17 bits per heavy atom. The molecule has 2 heterocycles. The van der Waals surface area contributed by atoms with Crippen LogP contribution in [0.15, 0.2) is 0 Å². The third-order valence-electron chi connectivity index (χ3n) is 5.36. The molecule has 23 heavy (non-hydrogen) atoms. The van der Waals surface area contributed by atoms with Gasteiger partial charge in [-0.05, 0) is 58.0 Å². The first-order chi connectivity index (χ1) is 11.0. The molecular weight excluding hydrogens is 290 g/mol. The highest BCUT2D eigenvalue weighted by atomic mass is 16.2. The number of carbonyl (C=O) groups excluding carboxylic acids is 2. The lowest BCUT2D eigenvalue weighted by molar-refractivity contribution is -0.138. The molecule has 0 spiro atoms. The van der Waals surface area contributed by atoms with Crippen molar-refractivity contribution >= 4 is 11.8 Å². The van der Waals surface area contributed by atoms with E-state index in [1.165, 1.54) is 6.42 Å². The molecule has 2 rings (SSSR count). The molecule has 2 fully saturated rings. The Bertz CT molecular complexity index is 397. The smallest absolute Gasteiger partial charge is 0.234 e. The van der Waals surface area contributed by atoms with Crippen molar-refractivity contribution in [2.24, 2.45) is 11.8 Å². The summed E-state index contributed by atoms with van der Waals surface area (Å²) in [7, 11) is 0. The molecule has 5 nitrogen and oxygen atoms in total. The van der Waals surface area contributed by atoms with E-state index < -0.39 is 0 Å². The van der Waals surface area contributed by atoms with Gasteiger partial charge < -0.3 is 10.2 Å². The highest BCUT2D eigenvalue weighted by Crippen LogP contribution is 2.21. The lowest BCUT2D eigenvalue weighted by Gasteiger charge is -2.35. The molecule has 0 bridgehead atoms. The van der Waals surface area contributed by atoms with Gasteiger partial charge in [0, 0.05) is 25.0 Å². The Labute approximate surface area is 140 Å². The van der Waals surface area contributed by atoms with Gasteiger partial charge in [0.05, 0.1) is 6.54 Å². The van der Waals surface area contributed by atoms with Gasteiger partial charge in [-0.3, -0.25) is 14.5 Å². The monoisotopic (exact) mass is 323 g/mol. The summed E-state index contributed by atoms with van der Waals surface area (Å²) in [6, 6.07) is 0.209. The summed E-state index contributed by atoms with van der Waals surface area (Å²) in [5.41, 5.74) is 0. The van der Waals surface area contributed by atoms with Crippen LogP contribution in [0.1, 0.15) is 52.9 Å². The van der Waals surface area contributed by atoms with Gasteiger partial charge in [-0.1, -0.05) is 13.8 Å². The summed E-state index contributed by atoms with van der Waals surface area (Å²) in [5, 5.41) is 3.06. The third kappa shape index (κ3) is 5.48.